The van der Waals surface area contributed by atoms with Crippen LogP contribution >= 0.6 is 0 Å². The number of nitrogens with one attached hydrogen (secondary N) is 1. The number of anilines is 1. The highest BCUT2D eigenvalue weighted by Gasteiger charge is 2.25. The Balaban J connectivity index is 1.15. The summed E-state index contributed by atoms with van der Waals surface area (Å²) < 4.78 is 13.1. The van der Waals surface area contributed by atoms with E-state index in [1.165, 1.54) is 0 Å². The van der Waals surface area contributed by atoms with E-state index in [0.717, 1.165) is 24.2 Å². The topological polar surface area (TPSA) is 85.7 Å². The van der Waals surface area contributed by atoms with E-state index in [-0.39, 0.29) is 17.9 Å². The van der Waals surface area contributed by atoms with Crippen LogP contribution in [0.15, 0.2) is 85.2 Å². The van der Waals surface area contributed by atoms with Gasteiger partial charge in [-0.25, -0.2) is 0 Å². The maximum atomic E-state index is 13.1. The number of piperidine rings is 1. The number of carbonyl (C=O) groups is 2. The third kappa shape index (κ3) is 5.70. The van der Waals surface area contributed by atoms with Gasteiger partial charge in [0.25, 0.3) is 11.8 Å². The predicted octanol–water partition coefficient (Wildman–Crippen LogP) is 5.72. The molecule has 1 N–H and O–H groups in total. The first-order valence-corrected chi connectivity index (χ1v) is 12.6. The highest BCUT2D eigenvalue weighted by atomic mass is 16.5. The van der Waals surface area contributed by atoms with Crippen LogP contribution in [0, 0.1) is 6.92 Å². The minimum Gasteiger partial charge on any atom is -0.496 e. The summed E-state index contributed by atoms with van der Waals surface area (Å²) in [4.78, 5) is 27.7. The first kappa shape index (κ1) is 25.1. The van der Waals surface area contributed by atoms with E-state index < -0.39 is 0 Å². The zero-order chi connectivity index (χ0) is 26.5. The number of nitrogens with zero attached hydrogens (tertiary/aromatic N) is 3. The number of benzene rings is 3. The molecular weight excluding hydrogens is 480 g/mol. The molecule has 5 rings (SSSR count). The normalized spacial score (nSPS) is 13.7. The van der Waals surface area contributed by atoms with Crippen molar-refractivity contribution in [1.82, 2.24) is 14.7 Å². The molecule has 1 aliphatic rings. The Labute approximate surface area is 221 Å². The third-order valence-electron chi connectivity index (χ3n) is 6.67. The third-order valence-corrected chi connectivity index (χ3v) is 6.67. The molecule has 1 fully saturated rings. The summed E-state index contributed by atoms with van der Waals surface area (Å²) in [5.74, 6) is 1.74. The number of ether oxygens (including phenoxy) is 2. The molecule has 0 aliphatic carbocycles. The van der Waals surface area contributed by atoms with Gasteiger partial charge in [-0.2, -0.15) is 5.10 Å². The highest BCUT2D eigenvalue weighted by Crippen LogP contribution is 2.27. The van der Waals surface area contributed by atoms with Gasteiger partial charge in [0.15, 0.2) is 0 Å². The van der Waals surface area contributed by atoms with Gasteiger partial charge in [-0.15, -0.1) is 0 Å². The van der Waals surface area contributed by atoms with Crippen LogP contribution < -0.4 is 14.8 Å². The monoisotopic (exact) mass is 510 g/mol. The SMILES string of the molecule is COc1cc(C)ccc1C(=O)Nc1cnn(C2CCN(C(=O)c3ccc(Oc4ccccc4)cc3)CC2)c1. The summed E-state index contributed by atoms with van der Waals surface area (Å²) in [6.07, 6.45) is 5.05. The zero-order valence-corrected chi connectivity index (χ0v) is 21.5. The van der Waals surface area contributed by atoms with Crippen molar-refractivity contribution in [3.8, 4) is 17.2 Å². The maximum absolute atomic E-state index is 13.1. The van der Waals surface area contributed by atoms with Gasteiger partial charge in [-0.1, -0.05) is 24.3 Å². The first-order chi connectivity index (χ1) is 18.5. The summed E-state index contributed by atoms with van der Waals surface area (Å²) in [5, 5.41) is 7.37. The Bertz CT molecular complexity index is 1410. The molecular formula is C30H30N4O4. The minimum absolute atomic E-state index is 0.00942. The van der Waals surface area contributed by atoms with Crippen LogP contribution in [0.25, 0.3) is 0 Å². The van der Waals surface area contributed by atoms with Gasteiger partial charge < -0.3 is 19.7 Å². The van der Waals surface area contributed by atoms with Crippen LogP contribution in [-0.4, -0.2) is 46.7 Å². The molecule has 2 amide bonds. The molecule has 38 heavy (non-hydrogen) atoms. The van der Waals surface area contributed by atoms with Crippen LogP contribution in [0.2, 0.25) is 0 Å². The Morgan fingerprint density at radius 2 is 1.66 bits per heavy atom. The number of amides is 2. The van der Waals surface area contributed by atoms with Crippen LogP contribution in [0.3, 0.4) is 0 Å². The van der Waals surface area contributed by atoms with Crippen LogP contribution in [0.1, 0.15) is 45.2 Å². The average molecular weight is 511 g/mol. The number of likely N-dealkylation sites (tertiary alicyclic amines) is 1. The number of carbonyl (C=O) groups excluding carboxylic acids is 2. The number of aromatic nitrogens is 2. The van der Waals surface area contributed by atoms with Crippen molar-refractivity contribution in [3.05, 3.63) is 102 Å². The molecule has 2 heterocycles. The first-order valence-electron chi connectivity index (χ1n) is 12.6. The van der Waals surface area contributed by atoms with E-state index in [4.69, 9.17) is 9.47 Å². The number of hydrogen-bond donors (Lipinski definition) is 1. The Hall–Kier alpha value is -4.59. The van der Waals surface area contributed by atoms with Crippen molar-refractivity contribution >= 4 is 17.5 Å². The lowest BCUT2D eigenvalue weighted by atomic mass is 10.0. The number of hydrogen-bond acceptors (Lipinski definition) is 5. The highest BCUT2D eigenvalue weighted by molar-refractivity contribution is 6.06. The van der Waals surface area contributed by atoms with Crippen LogP contribution in [-0.2, 0) is 0 Å². The Morgan fingerprint density at radius 3 is 2.37 bits per heavy atom. The lowest BCUT2D eigenvalue weighted by Crippen LogP contribution is -2.39. The van der Waals surface area contributed by atoms with E-state index in [1.54, 1.807) is 31.5 Å². The minimum atomic E-state index is -0.248. The summed E-state index contributed by atoms with van der Waals surface area (Å²) in [6.45, 7) is 3.21. The summed E-state index contributed by atoms with van der Waals surface area (Å²) >= 11 is 0. The van der Waals surface area contributed by atoms with Crippen LogP contribution in [0.5, 0.6) is 17.2 Å². The zero-order valence-electron chi connectivity index (χ0n) is 21.5. The number of methoxy groups -OCH3 is 1. The van der Waals surface area contributed by atoms with E-state index in [0.29, 0.717) is 41.4 Å². The van der Waals surface area contributed by atoms with Gasteiger partial charge in [0.1, 0.15) is 17.2 Å². The van der Waals surface area contributed by atoms with Crippen molar-refractivity contribution in [1.29, 1.82) is 0 Å². The number of rotatable bonds is 7. The van der Waals surface area contributed by atoms with Crippen molar-refractivity contribution in [2.45, 2.75) is 25.8 Å². The fourth-order valence-electron chi connectivity index (χ4n) is 4.59. The lowest BCUT2D eigenvalue weighted by molar-refractivity contribution is 0.0689. The molecule has 8 heteroatoms. The standard InChI is InChI=1S/C30H30N4O4/c1-21-8-13-27(28(18-21)37-2)29(35)32-23-19-31-34(20-23)24-14-16-33(17-15-24)30(36)22-9-11-26(12-10-22)38-25-6-4-3-5-7-25/h3-13,18-20,24H,14-17H2,1-2H3,(H,32,35). The smallest absolute Gasteiger partial charge is 0.259 e. The molecule has 0 atom stereocenters. The molecule has 1 saturated heterocycles. The summed E-state index contributed by atoms with van der Waals surface area (Å²) in [7, 11) is 1.55. The Kier molecular flexibility index (Phi) is 7.40. The molecule has 0 bridgehead atoms. The fourth-order valence-corrected chi connectivity index (χ4v) is 4.59. The van der Waals surface area contributed by atoms with Gasteiger partial charge in [0, 0.05) is 24.8 Å². The predicted molar refractivity (Wildman–Crippen MR) is 145 cm³/mol. The maximum Gasteiger partial charge on any atom is 0.259 e. The van der Waals surface area contributed by atoms with Gasteiger partial charge in [-0.05, 0) is 73.9 Å². The molecule has 8 nitrogen and oxygen atoms in total. The van der Waals surface area contributed by atoms with Gasteiger partial charge in [0.2, 0.25) is 0 Å². The van der Waals surface area contributed by atoms with E-state index in [9.17, 15) is 9.59 Å². The van der Waals surface area contributed by atoms with Crippen molar-refractivity contribution in [3.63, 3.8) is 0 Å². The molecule has 0 spiro atoms. The van der Waals surface area contributed by atoms with Gasteiger partial charge in [-0.3, -0.25) is 14.3 Å². The van der Waals surface area contributed by atoms with Crippen molar-refractivity contribution in [2.24, 2.45) is 0 Å². The largest absolute Gasteiger partial charge is 0.496 e. The molecule has 0 unspecified atom stereocenters. The van der Waals surface area contributed by atoms with E-state index in [1.807, 2.05) is 77.3 Å². The summed E-state index contributed by atoms with van der Waals surface area (Å²) in [5.41, 5.74) is 2.75. The molecule has 0 saturated carbocycles. The van der Waals surface area contributed by atoms with Crippen molar-refractivity contribution < 1.29 is 19.1 Å². The van der Waals surface area contributed by atoms with Crippen molar-refractivity contribution in [2.75, 3.05) is 25.5 Å². The quantitative estimate of drug-likeness (QED) is 0.344. The molecule has 1 aliphatic heterocycles. The second-order valence-corrected chi connectivity index (χ2v) is 9.33. The lowest BCUT2D eigenvalue weighted by Gasteiger charge is -2.32. The van der Waals surface area contributed by atoms with E-state index >= 15 is 0 Å². The molecule has 194 valence electrons. The second kappa shape index (κ2) is 11.2. The fraction of sp³-hybridized carbons (Fsp3) is 0.233. The molecule has 0 radical (unpaired) electrons. The molecule has 1 aromatic heterocycles. The number of aryl methyl sites for hydroxylation is 1. The van der Waals surface area contributed by atoms with E-state index in [2.05, 4.69) is 10.4 Å². The Morgan fingerprint density at radius 1 is 0.947 bits per heavy atom. The second-order valence-electron chi connectivity index (χ2n) is 9.33. The molecule has 3 aromatic carbocycles. The number of para-hydroxylation sites is 1. The summed E-state index contributed by atoms with van der Waals surface area (Å²) in [6, 6.07) is 22.4. The average Bonchev–Trinajstić information content (AvgIpc) is 3.42. The molecule has 4 aromatic rings. The van der Waals surface area contributed by atoms with Gasteiger partial charge in [0.05, 0.1) is 30.6 Å². The van der Waals surface area contributed by atoms with Gasteiger partial charge >= 0.3 is 0 Å². The van der Waals surface area contributed by atoms with Crippen LogP contribution in [0.4, 0.5) is 5.69 Å².